The Morgan fingerprint density at radius 2 is 1.83 bits per heavy atom. The number of benzene rings is 1. The van der Waals surface area contributed by atoms with Gasteiger partial charge in [0.05, 0.1) is 16.5 Å². The quantitative estimate of drug-likeness (QED) is 0.443. The first-order chi connectivity index (χ1) is 14.2. The van der Waals surface area contributed by atoms with Crippen molar-refractivity contribution >= 4 is 32.9 Å². The lowest BCUT2D eigenvalue weighted by molar-refractivity contribution is -0.384. The monoisotopic (exact) mass is 441 g/mol. The van der Waals surface area contributed by atoms with Gasteiger partial charge < -0.3 is 9.32 Å². The number of hydrogen-bond acceptors (Lipinski definition) is 7. The van der Waals surface area contributed by atoms with Crippen LogP contribution in [0.1, 0.15) is 13.8 Å². The van der Waals surface area contributed by atoms with Crippen LogP contribution >= 0.6 is 0 Å². The maximum atomic E-state index is 12.7. The Labute approximate surface area is 172 Å². The molecule has 0 bridgehead atoms. The lowest BCUT2D eigenvalue weighted by atomic mass is 10.3. The molecule has 30 heavy (non-hydrogen) atoms. The first kappa shape index (κ1) is 21.9. The first-order valence-corrected chi connectivity index (χ1v) is 10.9. The Bertz CT molecular complexity index is 1110. The van der Waals surface area contributed by atoms with Gasteiger partial charge in [-0.2, -0.15) is 17.0 Å². The molecular formula is C17H23N5O7S. The zero-order chi connectivity index (χ0) is 22.1. The van der Waals surface area contributed by atoms with Crippen molar-refractivity contribution in [3.05, 3.63) is 38.9 Å². The number of aromatic nitrogens is 1. The highest BCUT2D eigenvalue weighted by atomic mass is 32.2. The Morgan fingerprint density at radius 3 is 2.40 bits per heavy atom. The van der Waals surface area contributed by atoms with Crippen molar-refractivity contribution in [2.75, 3.05) is 39.3 Å². The summed E-state index contributed by atoms with van der Waals surface area (Å²) < 4.78 is 34.0. The van der Waals surface area contributed by atoms with Crippen LogP contribution in [-0.2, 0) is 21.5 Å². The lowest BCUT2D eigenvalue weighted by Crippen LogP contribution is -2.54. The number of oxazole rings is 1. The van der Waals surface area contributed by atoms with Crippen LogP contribution in [0.4, 0.5) is 5.69 Å². The van der Waals surface area contributed by atoms with Crippen molar-refractivity contribution in [1.82, 2.24) is 18.1 Å². The van der Waals surface area contributed by atoms with Crippen LogP contribution in [0.5, 0.6) is 0 Å². The van der Waals surface area contributed by atoms with Crippen molar-refractivity contribution < 1.29 is 22.6 Å². The first-order valence-electron chi connectivity index (χ1n) is 9.49. The summed E-state index contributed by atoms with van der Waals surface area (Å²) in [5.41, 5.74) is 0.0825. The predicted molar refractivity (Wildman–Crippen MR) is 107 cm³/mol. The number of nitro groups is 1. The van der Waals surface area contributed by atoms with Gasteiger partial charge in [0.15, 0.2) is 5.58 Å². The molecule has 0 saturated carbocycles. The number of fused-ring (bicyclic) bond motifs is 1. The van der Waals surface area contributed by atoms with E-state index in [9.17, 15) is 28.1 Å². The van der Waals surface area contributed by atoms with Crippen LogP contribution in [0.15, 0.2) is 27.4 Å². The molecule has 2 aromatic rings. The number of amides is 1. The number of carbonyl (C=O) groups excluding carboxylic acids is 1. The summed E-state index contributed by atoms with van der Waals surface area (Å²) in [4.78, 5) is 36.6. The van der Waals surface area contributed by atoms with E-state index in [0.717, 1.165) is 10.6 Å². The number of rotatable bonds is 7. The van der Waals surface area contributed by atoms with Gasteiger partial charge in [0.25, 0.3) is 15.9 Å². The molecule has 1 saturated heterocycles. The predicted octanol–water partition coefficient (Wildman–Crippen LogP) is 0.234. The van der Waals surface area contributed by atoms with Gasteiger partial charge in [-0.1, -0.05) is 13.8 Å². The highest BCUT2D eigenvalue weighted by molar-refractivity contribution is 7.86. The molecule has 1 aromatic carbocycles. The zero-order valence-corrected chi connectivity index (χ0v) is 17.5. The summed E-state index contributed by atoms with van der Waals surface area (Å²) in [5.74, 6) is -1.15. The van der Waals surface area contributed by atoms with E-state index in [2.05, 4.69) is 0 Å². The van der Waals surface area contributed by atoms with Gasteiger partial charge in [-0.05, 0) is 6.07 Å². The summed E-state index contributed by atoms with van der Waals surface area (Å²) in [7, 11) is -3.57. The second-order valence-electron chi connectivity index (χ2n) is 6.74. The summed E-state index contributed by atoms with van der Waals surface area (Å²) >= 11 is 0. The smallest absolute Gasteiger partial charge is 0.407 e. The molecule has 0 atom stereocenters. The van der Waals surface area contributed by atoms with Crippen molar-refractivity contribution in [1.29, 1.82) is 0 Å². The van der Waals surface area contributed by atoms with Gasteiger partial charge in [-0.25, -0.2) is 4.79 Å². The van der Waals surface area contributed by atoms with Crippen LogP contribution in [0, 0.1) is 10.1 Å². The topological polar surface area (TPSA) is 139 Å². The number of piperazine rings is 1. The van der Waals surface area contributed by atoms with E-state index in [-0.39, 0.29) is 55.4 Å². The van der Waals surface area contributed by atoms with E-state index in [0.29, 0.717) is 13.1 Å². The van der Waals surface area contributed by atoms with Crippen LogP contribution < -0.4 is 5.76 Å². The molecule has 1 fully saturated rings. The SMILES string of the molecule is CCN(CC)S(=O)(=O)N1CCN(C(=O)Cn2c(=O)oc3cc([N+](=O)[O-])ccc32)CC1. The molecule has 13 heteroatoms. The average Bonchev–Trinajstić information content (AvgIpc) is 3.03. The molecule has 1 amide bonds. The average molecular weight is 441 g/mol. The number of nitrogens with zero attached hydrogens (tertiary/aromatic N) is 5. The molecule has 0 radical (unpaired) electrons. The second kappa shape index (κ2) is 8.53. The van der Waals surface area contributed by atoms with E-state index in [1.165, 1.54) is 25.6 Å². The Balaban J connectivity index is 1.70. The van der Waals surface area contributed by atoms with E-state index in [1.807, 2.05) is 0 Å². The highest BCUT2D eigenvalue weighted by Crippen LogP contribution is 2.20. The summed E-state index contributed by atoms with van der Waals surface area (Å²) in [6.07, 6.45) is 0. The molecular weight excluding hydrogens is 418 g/mol. The molecule has 1 aliphatic heterocycles. The normalized spacial score (nSPS) is 15.8. The van der Waals surface area contributed by atoms with Crippen LogP contribution in [-0.4, -0.2) is 76.6 Å². The third-order valence-corrected chi connectivity index (χ3v) is 7.29. The molecule has 0 unspecified atom stereocenters. The largest absolute Gasteiger partial charge is 0.420 e. The van der Waals surface area contributed by atoms with Gasteiger partial charge in [0.1, 0.15) is 6.54 Å². The van der Waals surface area contributed by atoms with E-state index < -0.39 is 20.9 Å². The van der Waals surface area contributed by atoms with E-state index in [4.69, 9.17) is 4.42 Å². The zero-order valence-electron chi connectivity index (χ0n) is 16.7. The third-order valence-electron chi connectivity index (χ3n) is 5.11. The van der Waals surface area contributed by atoms with Crippen molar-refractivity contribution in [2.24, 2.45) is 0 Å². The minimum absolute atomic E-state index is 0.0251. The van der Waals surface area contributed by atoms with Gasteiger partial charge in [0, 0.05) is 45.3 Å². The third kappa shape index (κ3) is 4.08. The standard InChI is InChI=1S/C17H23N5O7S/c1-3-19(4-2)30(27,28)20-9-7-18(8-10-20)16(23)12-21-14-6-5-13(22(25)26)11-15(14)29-17(21)24/h5-6,11H,3-4,7-10,12H2,1-2H3. The van der Waals surface area contributed by atoms with Crippen LogP contribution in [0.25, 0.3) is 11.1 Å². The molecule has 0 spiro atoms. The molecule has 2 heterocycles. The molecule has 12 nitrogen and oxygen atoms in total. The molecule has 0 N–H and O–H groups in total. The van der Waals surface area contributed by atoms with E-state index in [1.54, 1.807) is 13.8 Å². The van der Waals surface area contributed by atoms with Gasteiger partial charge in [-0.15, -0.1) is 0 Å². The van der Waals surface area contributed by atoms with Crippen molar-refractivity contribution in [3.8, 4) is 0 Å². The molecule has 164 valence electrons. The molecule has 1 aliphatic rings. The van der Waals surface area contributed by atoms with Gasteiger partial charge in [0.2, 0.25) is 5.91 Å². The molecule has 3 rings (SSSR count). The van der Waals surface area contributed by atoms with Gasteiger partial charge in [-0.3, -0.25) is 19.5 Å². The van der Waals surface area contributed by atoms with Crippen molar-refractivity contribution in [3.63, 3.8) is 0 Å². The summed E-state index contributed by atoms with van der Waals surface area (Å²) in [5, 5.41) is 10.9. The van der Waals surface area contributed by atoms with Gasteiger partial charge >= 0.3 is 5.76 Å². The molecule has 0 aliphatic carbocycles. The summed E-state index contributed by atoms with van der Waals surface area (Å²) in [6, 6.07) is 3.73. The Hall–Kier alpha value is -2.77. The maximum Gasteiger partial charge on any atom is 0.420 e. The summed E-state index contributed by atoms with van der Waals surface area (Å²) in [6.45, 7) is 4.71. The van der Waals surface area contributed by atoms with Crippen LogP contribution in [0.2, 0.25) is 0 Å². The fourth-order valence-electron chi connectivity index (χ4n) is 3.44. The Morgan fingerprint density at radius 1 is 1.20 bits per heavy atom. The van der Waals surface area contributed by atoms with Crippen LogP contribution in [0.3, 0.4) is 0 Å². The fraction of sp³-hybridized carbons (Fsp3) is 0.529. The number of carbonyl (C=O) groups is 1. The number of non-ortho nitro benzene ring substituents is 1. The maximum absolute atomic E-state index is 12.7. The second-order valence-corrected chi connectivity index (χ2v) is 8.66. The highest BCUT2D eigenvalue weighted by Gasteiger charge is 2.32. The Kier molecular flexibility index (Phi) is 6.24. The fourth-order valence-corrected chi connectivity index (χ4v) is 5.04. The van der Waals surface area contributed by atoms with Crippen molar-refractivity contribution in [2.45, 2.75) is 20.4 Å². The van der Waals surface area contributed by atoms with E-state index >= 15 is 0 Å². The number of hydrogen-bond donors (Lipinski definition) is 0. The minimum Gasteiger partial charge on any atom is -0.407 e. The minimum atomic E-state index is -3.57. The lowest BCUT2D eigenvalue weighted by Gasteiger charge is -2.36. The number of nitro benzene ring substituents is 1. The molecule has 1 aromatic heterocycles.